The maximum Gasteiger partial charge on any atom is 0.0821 e. The molecule has 0 aliphatic carbocycles. The summed E-state index contributed by atoms with van der Waals surface area (Å²) >= 11 is 6.21. The smallest absolute Gasteiger partial charge is 0.0821 e. The van der Waals surface area contributed by atoms with E-state index < -0.39 is 0 Å². The van der Waals surface area contributed by atoms with Crippen molar-refractivity contribution < 1.29 is 4.74 Å². The molecule has 4 nitrogen and oxygen atoms in total. The second-order valence-electron chi connectivity index (χ2n) is 4.23. The summed E-state index contributed by atoms with van der Waals surface area (Å²) in [4.78, 5) is 0. The van der Waals surface area contributed by atoms with Crippen molar-refractivity contribution >= 4 is 11.6 Å². The number of ether oxygens (including phenoxy) is 1. The molecule has 0 radical (unpaired) electrons. The molecule has 98 valence electrons. The predicted octanol–water partition coefficient (Wildman–Crippen LogP) is 2.28. The quantitative estimate of drug-likeness (QED) is 0.817. The number of hydrogen-bond donors (Lipinski definition) is 1. The molecule has 1 aromatic heterocycles. The minimum absolute atomic E-state index is 0.321. The van der Waals surface area contributed by atoms with Crippen LogP contribution in [-0.4, -0.2) is 36.1 Å². The monoisotopic (exact) mass is 259 g/mol. The zero-order chi connectivity index (χ0) is 12.8. The molecular weight excluding hydrogens is 238 g/mol. The van der Waals surface area contributed by atoms with E-state index in [9.17, 15) is 0 Å². The highest BCUT2D eigenvalue weighted by Crippen LogP contribution is 2.26. The van der Waals surface area contributed by atoms with Crippen molar-refractivity contribution in [2.24, 2.45) is 0 Å². The highest BCUT2D eigenvalue weighted by molar-refractivity contribution is 6.31. The van der Waals surface area contributed by atoms with Gasteiger partial charge in [-0.2, -0.15) is 5.10 Å². The molecule has 1 aromatic rings. The van der Waals surface area contributed by atoms with Crippen LogP contribution < -0.4 is 5.32 Å². The van der Waals surface area contributed by atoms with Crippen LogP contribution >= 0.6 is 11.6 Å². The number of aromatic nitrogens is 2. The zero-order valence-corrected chi connectivity index (χ0v) is 11.8. The number of likely N-dealkylation sites (N-methyl/N-ethyl adjacent to an activating group) is 1. The van der Waals surface area contributed by atoms with Gasteiger partial charge in [-0.15, -0.1) is 0 Å². The first-order valence-electron chi connectivity index (χ1n) is 6.05. The molecule has 1 heterocycles. The van der Waals surface area contributed by atoms with E-state index in [2.05, 4.69) is 31.2 Å². The second-order valence-corrected chi connectivity index (χ2v) is 4.64. The van der Waals surface area contributed by atoms with Crippen LogP contribution in [0.1, 0.15) is 32.4 Å². The summed E-state index contributed by atoms with van der Waals surface area (Å²) < 4.78 is 7.01. The van der Waals surface area contributed by atoms with Crippen LogP contribution in [0.15, 0.2) is 6.20 Å². The van der Waals surface area contributed by atoms with E-state index in [4.69, 9.17) is 16.3 Å². The van der Waals surface area contributed by atoms with Gasteiger partial charge in [0.1, 0.15) is 0 Å². The molecule has 0 aliphatic rings. The Labute approximate surface area is 108 Å². The maximum absolute atomic E-state index is 6.21. The normalized spacial score (nSPS) is 14.9. The fraction of sp³-hybridized carbons (Fsp3) is 0.750. The predicted molar refractivity (Wildman–Crippen MR) is 70.7 cm³/mol. The van der Waals surface area contributed by atoms with Crippen LogP contribution in [-0.2, 0) is 11.3 Å². The van der Waals surface area contributed by atoms with Gasteiger partial charge in [0.15, 0.2) is 0 Å². The third-order valence-electron chi connectivity index (χ3n) is 3.05. The Morgan fingerprint density at radius 3 is 2.82 bits per heavy atom. The van der Waals surface area contributed by atoms with E-state index >= 15 is 0 Å². The Bertz CT molecular complexity index is 340. The molecule has 5 heteroatoms. The number of nitrogens with one attached hydrogen (secondary N) is 1. The zero-order valence-electron chi connectivity index (χ0n) is 11.0. The van der Waals surface area contributed by atoms with E-state index in [0.29, 0.717) is 18.6 Å². The fourth-order valence-corrected chi connectivity index (χ4v) is 2.23. The molecule has 0 amide bonds. The summed E-state index contributed by atoms with van der Waals surface area (Å²) in [6.07, 6.45) is 1.71. The molecular formula is C12H22ClN3O. The summed E-state index contributed by atoms with van der Waals surface area (Å²) in [5, 5.41) is 8.44. The molecule has 1 rings (SSSR count). The van der Waals surface area contributed by atoms with E-state index in [1.807, 2.05) is 4.68 Å². The highest BCUT2D eigenvalue weighted by atomic mass is 35.5. The third kappa shape index (κ3) is 3.69. The van der Waals surface area contributed by atoms with E-state index in [0.717, 1.165) is 23.8 Å². The second kappa shape index (κ2) is 6.99. The molecule has 0 aromatic carbocycles. The van der Waals surface area contributed by atoms with E-state index in [1.165, 1.54) is 0 Å². The van der Waals surface area contributed by atoms with Gasteiger partial charge < -0.3 is 10.1 Å². The first-order valence-corrected chi connectivity index (χ1v) is 6.43. The summed E-state index contributed by atoms with van der Waals surface area (Å²) in [7, 11) is 1.69. The van der Waals surface area contributed by atoms with Crippen molar-refractivity contribution in [3.63, 3.8) is 0 Å². The van der Waals surface area contributed by atoms with Crippen LogP contribution in [0.4, 0.5) is 0 Å². The lowest BCUT2D eigenvalue weighted by Crippen LogP contribution is -2.32. The van der Waals surface area contributed by atoms with Crippen LogP contribution in [0.3, 0.4) is 0 Å². The Morgan fingerprint density at radius 1 is 1.53 bits per heavy atom. The number of hydrogen-bond acceptors (Lipinski definition) is 3. The average molecular weight is 260 g/mol. The lowest BCUT2D eigenvalue weighted by molar-refractivity contribution is 0.181. The lowest BCUT2D eigenvalue weighted by Gasteiger charge is -2.22. The Balaban J connectivity index is 2.83. The van der Waals surface area contributed by atoms with Gasteiger partial charge in [0.05, 0.1) is 30.1 Å². The summed E-state index contributed by atoms with van der Waals surface area (Å²) in [5.41, 5.74) is 1.08. The fourth-order valence-electron chi connectivity index (χ4n) is 1.92. The first kappa shape index (κ1) is 14.5. The number of methoxy groups -OCH3 is 1. The minimum Gasteiger partial charge on any atom is -0.383 e. The number of halogens is 1. The minimum atomic E-state index is 0.321. The van der Waals surface area contributed by atoms with E-state index in [-0.39, 0.29) is 0 Å². The van der Waals surface area contributed by atoms with Crippen molar-refractivity contribution in [1.82, 2.24) is 15.1 Å². The van der Waals surface area contributed by atoms with Crippen molar-refractivity contribution in [3.05, 3.63) is 16.9 Å². The highest BCUT2D eigenvalue weighted by Gasteiger charge is 2.21. The standard InChI is InChI=1S/C12H22ClN3O/c1-5-14-10(3)9(2)12-11(13)8-15-16(12)6-7-17-4/h8-10,14H,5-7H2,1-4H3. The molecule has 1 N–H and O–H groups in total. The Kier molecular flexibility index (Phi) is 5.95. The summed E-state index contributed by atoms with van der Waals surface area (Å²) in [5.74, 6) is 0.321. The largest absolute Gasteiger partial charge is 0.383 e. The first-order chi connectivity index (χ1) is 8.11. The molecule has 2 atom stereocenters. The van der Waals surface area contributed by atoms with Gasteiger partial charge in [-0.1, -0.05) is 25.4 Å². The van der Waals surface area contributed by atoms with E-state index in [1.54, 1.807) is 13.3 Å². The molecule has 0 saturated heterocycles. The molecule has 0 saturated carbocycles. The van der Waals surface area contributed by atoms with Gasteiger partial charge >= 0.3 is 0 Å². The van der Waals surface area contributed by atoms with Crippen LogP contribution in [0.2, 0.25) is 5.02 Å². The van der Waals surface area contributed by atoms with Crippen molar-refractivity contribution in [2.75, 3.05) is 20.3 Å². The average Bonchev–Trinajstić information content (AvgIpc) is 2.67. The maximum atomic E-state index is 6.21. The van der Waals surface area contributed by atoms with Gasteiger partial charge in [0.25, 0.3) is 0 Å². The van der Waals surface area contributed by atoms with Crippen LogP contribution in [0.5, 0.6) is 0 Å². The number of nitrogens with zero attached hydrogens (tertiary/aromatic N) is 2. The van der Waals surface area contributed by atoms with Gasteiger partial charge in [-0.25, -0.2) is 0 Å². The van der Waals surface area contributed by atoms with Gasteiger partial charge in [0.2, 0.25) is 0 Å². The molecule has 0 aliphatic heterocycles. The SMILES string of the molecule is CCNC(C)C(C)c1c(Cl)cnn1CCOC. The molecule has 0 bridgehead atoms. The van der Waals surface area contributed by atoms with Crippen molar-refractivity contribution in [2.45, 2.75) is 39.3 Å². The van der Waals surface area contributed by atoms with Crippen molar-refractivity contribution in [1.29, 1.82) is 0 Å². The lowest BCUT2D eigenvalue weighted by atomic mass is 9.99. The molecule has 17 heavy (non-hydrogen) atoms. The van der Waals surface area contributed by atoms with Crippen LogP contribution in [0.25, 0.3) is 0 Å². The topological polar surface area (TPSA) is 39.1 Å². The Hall–Kier alpha value is -0.580. The summed E-state index contributed by atoms with van der Waals surface area (Å²) in [6.45, 7) is 8.77. The summed E-state index contributed by atoms with van der Waals surface area (Å²) in [6, 6.07) is 0.371. The van der Waals surface area contributed by atoms with Gasteiger partial charge in [-0.05, 0) is 13.5 Å². The third-order valence-corrected chi connectivity index (χ3v) is 3.34. The molecule has 2 unspecified atom stereocenters. The Morgan fingerprint density at radius 2 is 2.24 bits per heavy atom. The van der Waals surface area contributed by atoms with Crippen LogP contribution in [0, 0.1) is 0 Å². The van der Waals surface area contributed by atoms with Gasteiger partial charge in [0, 0.05) is 19.1 Å². The van der Waals surface area contributed by atoms with Gasteiger partial charge in [-0.3, -0.25) is 4.68 Å². The molecule has 0 fully saturated rings. The van der Waals surface area contributed by atoms with Crippen molar-refractivity contribution in [3.8, 4) is 0 Å². The molecule has 0 spiro atoms. The number of rotatable bonds is 7.